The third kappa shape index (κ3) is 5.34. The lowest BCUT2D eigenvalue weighted by Gasteiger charge is -2.20. The van der Waals surface area contributed by atoms with Gasteiger partial charge in [-0.2, -0.15) is 0 Å². The van der Waals surface area contributed by atoms with Crippen LogP contribution in [-0.4, -0.2) is 19.0 Å². The molecule has 0 heterocycles. The van der Waals surface area contributed by atoms with Gasteiger partial charge in [-0.25, -0.2) is 9.38 Å². The lowest BCUT2D eigenvalue weighted by molar-refractivity contribution is 0.393. The first-order valence-corrected chi connectivity index (χ1v) is 8.12. The summed E-state index contributed by atoms with van der Waals surface area (Å²) in [6.45, 7) is 11.2. The molecule has 0 saturated carbocycles. The van der Waals surface area contributed by atoms with Crippen LogP contribution >= 0.6 is 0 Å². The van der Waals surface area contributed by atoms with Crippen molar-refractivity contribution in [3.63, 3.8) is 0 Å². The zero-order valence-corrected chi connectivity index (χ0v) is 14.9. The fraction of sp³-hybridized carbons (Fsp3) is 0.450. The summed E-state index contributed by atoms with van der Waals surface area (Å²) in [5, 5.41) is 0. The largest absolute Gasteiger partial charge is 0.484 e. The maximum Gasteiger partial charge on any atom is 0.180 e. The maximum atomic E-state index is 14.6. The van der Waals surface area contributed by atoms with Gasteiger partial charge in [0.1, 0.15) is 11.9 Å². The zero-order chi connectivity index (χ0) is 17.4. The third-order valence-electron chi connectivity index (χ3n) is 3.97. The highest BCUT2D eigenvalue weighted by Gasteiger charge is 2.16. The summed E-state index contributed by atoms with van der Waals surface area (Å²) < 4.78 is 19.6. The molecule has 1 aliphatic carbocycles. The minimum atomic E-state index is -0.545. The Morgan fingerprint density at radius 3 is 2.74 bits per heavy atom. The smallest absolute Gasteiger partial charge is 0.180 e. The van der Waals surface area contributed by atoms with Gasteiger partial charge in [-0.1, -0.05) is 31.7 Å². The van der Waals surface area contributed by atoms with Crippen LogP contribution in [0.1, 0.15) is 47.0 Å². The van der Waals surface area contributed by atoms with Crippen molar-refractivity contribution >= 4 is 5.90 Å². The van der Waals surface area contributed by atoms with Gasteiger partial charge >= 0.3 is 0 Å². The Bertz CT molecular complexity index is 591. The summed E-state index contributed by atoms with van der Waals surface area (Å²) >= 11 is 0. The Labute approximate surface area is 139 Å². The molecule has 126 valence electrons. The molecule has 0 fully saturated rings. The van der Waals surface area contributed by atoms with Crippen molar-refractivity contribution in [1.82, 2.24) is 0 Å². The van der Waals surface area contributed by atoms with Crippen LogP contribution in [0.3, 0.4) is 0 Å². The van der Waals surface area contributed by atoms with Gasteiger partial charge in [-0.15, -0.1) is 0 Å². The number of nitrogens with zero attached hydrogens (tertiary/aromatic N) is 1. The number of hydrogen-bond acceptors (Lipinski definition) is 2. The number of ether oxygens (including phenoxy) is 1. The summed E-state index contributed by atoms with van der Waals surface area (Å²) in [4.78, 5) is 4.19. The molecule has 0 spiro atoms. The van der Waals surface area contributed by atoms with Crippen LogP contribution in [0.4, 0.5) is 4.39 Å². The molecule has 0 saturated heterocycles. The molecule has 23 heavy (non-hydrogen) atoms. The fourth-order valence-electron chi connectivity index (χ4n) is 2.69. The molecule has 0 aliphatic heterocycles. The van der Waals surface area contributed by atoms with Crippen LogP contribution in [0.2, 0.25) is 0 Å². The average molecular weight is 317 g/mol. The predicted octanol–water partition coefficient (Wildman–Crippen LogP) is 5.85. The van der Waals surface area contributed by atoms with E-state index in [0.29, 0.717) is 11.5 Å². The molecular formula is C20H28FNO. The Morgan fingerprint density at radius 2 is 2.17 bits per heavy atom. The number of halogens is 1. The molecule has 1 atom stereocenters. The Morgan fingerprint density at radius 1 is 1.48 bits per heavy atom. The minimum Gasteiger partial charge on any atom is -0.484 e. The van der Waals surface area contributed by atoms with Gasteiger partial charge in [0.2, 0.25) is 0 Å². The summed E-state index contributed by atoms with van der Waals surface area (Å²) in [6.07, 6.45) is 10.9. The molecule has 0 bridgehead atoms. The maximum absolute atomic E-state index is 14.6. The standard InChI is InChI=1S/C20H28FNO/c1-7-10-18-12-9-11-17(8-2)19(18)13-14(3)20(21)15(4)22-16(5)23-6/h7,10-11,13,15H,1,8-9,12H2,2-6H3/b18-10-,19-13+,20-14-,22-16+. The Hall–Kier alpha value is -1.90. The molecule has 0 aromatic heterocycles. The van der Waals surface area contributed by atoms with Crippen molar-refractivity contribution in [3.05, 3.63) is 59.0 Å². The predicted molar refractivity (Wildman–Crippen MR) is 97.4 cm³/mol. The van der Waals surface area contributed by atoms with Crippen molar-refractivity contribution in [2.75, 3.05) is 7.11 Å². The first-order chi connectivity index (χ1) is 10.9. The van der Waals surface area contributed by atoms with Crippen molar-refractivity contribution in [2.24, 2.45) is 4.99 Å². The van der Waals surface area contributed by atoms with E-state index in [4.69, 9.17) is 4.74 Å². The van der Waals surface area contributed by atoms with Gasteiger partial charge in [0.25, 0.3) is 0 Å². The highest BCUT2D eigenvalue weighted by molar-refractivity contribution is 5.73. The third-order valence-corrected chi connectivity index (χ3v) is 3.97. The molecule has 0 N–H and O–H groups in total. The highest BCUT2D eigenvalue weighted by atomic mass is 19.1. The lowest BCUT2D eigenvalue weighted by atomic mass is 9.85. The van der Waals surface area contributed by atoms with E-state index in [1.807, 2.05) is 12.2 Å². The molecule has 1 unspecified atom stereocenters. The molecule has 2 nitrogen and oxygen atoms in total. The Balaban J connectivity index is 3.24. The van der Waals surface area contributed by atoms with E-state index >= 15 is 0 Å². The molecular weight excluding hydrogens is 289 g/mol. The van der Waals surface area contributed by atoms with Gasteiger partial charge in [-0.05, 0) is 61.5 Å². The highest BCUT2D eigenvalue weighted by Crippen LogP contribution is 2.33. The molecule has 0 radical (unpaired) electrons. The van der Waals surface area contributed by atoms with E-state index in [0.717, 1.165) is 24.8 Å². The number of aliphatic imine (C=N–C) groups is 1. The normalized spacial score (nSPS) is 21.8. The molecule has 0 aromatic rings. The zero-order valence-electron chi connectivity index (χ0n) is 14.9. The van der Waals surface area contributed by atoms with Gasteiger partial charge in [-0.3, -0.25) is 0 Å². The van der Waals surface area contributed by atoms with Gasteiger partial charge in [0.15, 0.2) is 5.90 Å². The van der Waals surface area contributed by atoms with Crippen molar-refractivity contribution in [1.29, 1.82) is 0 Å². The monoisotopic (exact) mass is 317 g/mol. The molecule has 1 rings (SSSR count). The number of rotatable bonds is 5. The van der Waals surface area contributed by atoms with Crippen molar-refractivity contribution < 1.29 is 9.13 Å². The van der Waals surface area contributed by atoms with Crippen LogP contribution in [0, 0.1) is 0 Å². The second kappa shape index (κ2) is 9.29. The second-order valence-electron chi connectivity index (χ2n) is 5.67. The SMILES string of the molecule is C=C/C=C1/CCC=C(CC)/C1=C\C(C)=C(/F)C(C)/N=C(\C)OC. The molecule has 3 heteroatoms. The first kappa shape index (κ1) is 19.1. The van der Waals surface area contributed by atoms with E-state index in [2.05, 4.69) is 24.6 Å². The topological polar surface area (TPSA) is 21.6 Å². The number of allylic oxidation sites excluding steroid dienone is 8. The lowest BCUT2D eigenvalue weighted by Crippen LogP contribution is -2.07. The first-order valence-electron chi connectivity index (χ1n) is 8.12. The van der Waals surface area contributed by atoms with Crippen LogP contribution in [0.15, 0.2) is 64.0 Å². The average Bonchev–Trinajstić information content (AvgIpc) is 2.55. The van der Waals surface area contributed by atoms with Gasteiger partial charge in [0.05, 0.1) is 7.11 Å². The van der Waals surface area contributed by atoms with Crippen LogP contribution in [0.25, 0.3) is 0 Å². The minimum absolute atomic E-state index is 0.229. The summed E-state index contributed by atoms with van der Waals surface area (Å²) in [7, 11) is 1.54. The molecule has 0 aromatic carbocycles. The summed E-state index contributed by atoms with van der Waals surface area (Å²) in [5.41, 5.74) is 4.21. The molecule has 1 aliphatic rings. The van der Waals surface area contributed by atoms with Crippen molar-refractivity contribution in [2.45, 2.75) is 53.0 Å². The van der Waals surface area contributed by atoms with Gasteiger partial charge in [0, 0.05) is 6.92 Å². The van der Waals surface area contributed by atoms with E-state index in [1.54, 1.807) is 26.8 Å². The van der Waals surface area contributed by atoms with E-state index < -0.39 is 6.04 Å². The summed E-state index contributed by atoms with van der Waals surface area (Å²) in [6, 6.07) is -0.545. The summed E-state index contributed by atoms with van der Waals surface area (Å²) in [5.74, 6) is 0.250. The van der Waals surface area contributed by atoms with E-state index in [9.17, 15) is 4.39 Å². The fourth-order valence-corrected chi connectivity index (χ4v) is 2.69. The van der Waals surface area contributed by atoms with Crippen molar-refractivity contribution in [3.8, 4) is 0 Å². The Kier molecular flexibility index (Phi) is 7.73. The van der Waals surface area contributed by atoms with Crippen LogP contribution in [-0.2, 0) is 4.74 Å². The van der Waals surface area contributed by atoms with E-state index in [1.165, 1.54) is 18.3 Å². The second-order valence-corrected chi connectivity index (χ2v) is 5.67. The number of methoxy groups -OCH3 is 1. The molecule has 0 amide bonds. The van der Waals surface area contributed by atoms with Crippen LogP contribution in [0.5, 0.6) is 0 Å². The van der Waals surface area contributed by atoms with E-state index in [-0.39, 0.29) is 5.83 Å². The quantitative estimate of drug-likeness (QED) is 0.460. The van der Waals surface area contributed by atoms with Crippen LogP contribution < -0.4 is 0 Å². The number of hydrogen-bond donors (Lipinski definition) is 0. The van der Waals surface area contributed by atoms with Gasteiger partial charge < -0.3 is 4.74 Å².